The molecule has 0 aliphatic carbocycles. The Morgan fingerprint density at radius 2 is 1.86 bits per heavy atom. The molecule has 4 nitrogen and oxygen atoms in total. The molecule has 0 spiro atoms. The van der Waals surface area contributed by atoms with Crippen molar-refractivity contribution in [3.63, 3.8) is 0 Å². The van der Waals surface area contributed by atoms with Crippen LogP contribution in [0.15, 0.2) is 54.6 Å². The number of likely N-dealkylation sites (tertiary alicyclic amines) is 1. The van der Waals surface area contributed by atoms with Gasteiger partial charge in [0.1, 0.15) is 0 Å². The van der Waals surface area contributed by atoms with Crippen LogP contribution in [0.2, 0.25) is 0 Å². The summed E-state index contributed by atoms with van der Waals surface area (Å²) in [4.78, 5) is 14.3. The van der Waals surface area contributed by atoms with E-state index in [9.17, 15) is 13.6 Å². The van der Waals surface area contributed by atoms with Gasteiger partial charge in [-0.25, -0.2) is 0 Å². The highest BCUT2D eigenvalue weighted by molar-refractivity contribution is 5.92. The van der Waals surface area contributed by atoms with Crippen molar-refractivity contribution in [1.29, 1.82) is 0 Å². The van der Waals surface area contributed by atoms with Crippen molar-refractivity contribution in [3.8, 4) is 11.5 Å². The van der Waals surface area contributed by atoms with Gasteiger partial charge >= 0.3 is 6.61 Å². The average Bonchev–Trinajstić information content (AvgIpc) is 2.73. The number of methoxy groups -OCH3 is 1. The second kappa shape index (κ2) is 10.0. The number of benzene rings is 2. The van der Waals surface area contributed by atoms with Crippen LogP contribution in [0.3, 0.4) is 0 Å². The molecular formula is C23H25F2NO3. The Balaban J connectivity index is 1.59. The lowest BCUT2D eigenvalue weighted by Crippen LogP contribution is -2.37. The number of ether oxygens (including phenoxy) is 2. The molecule has 0 bridgehead atoms. The molecule has 1 aliphatic rings. The number of nitrogens with zero attached hydrogens (tertiary/aromatic N) is 1. The molecule has 154 valence electrons. The summed E-state index contributed by atoms with van der Waals surface area (Å²) in [7, 11) is 1.38. The fourth-order valence-electron chi connectivity index (χ4n) is 3.61. The van der Waals surface area contributed by atoms with E-state index in [-0.39, 0.29) is 17.4 Å². The van der Waals surface area contributed by atoms with E-state index in [1.54, 1.807) is 17.0 Å². The first-order valence-electron chi connectivity index (χ1n) is 9.69. The summed E-state index contributed by atoms with van der Waals surface area (Å²) in [5, 5.41) is 0. The van der Waals surface area contributed by atoms with Gasteiger partial charge in [-0.3, -0.25) is 4.79 Å². The van der Waals surface area contributed by atoms with Gasteiger partial charge in [0.15, 0.2) is 11.5 Å². The minimum atomic E-state index is -2.97. The molecule has 0 atom stereocenters. The van der Waals surface area contributed by atoms with E-state index in [0.717, 1.165) is 19.3 Å². The molecule has 0 radical (unpaired) electrons. The molecule has 29 heavy (non-hydrogen) atoms. The number of carbonyl (C=O) groups is 1. The van der Waals surface area contributed by atoms with Gasteiger partial charge in [-0.15, -0.1) is 0 Å². The largest absolute Gasteiger partial charge is 0.493 e. The summed E-state index contributed by atoms with van der Waals surface area (Å²) in [5.41, 5.74) is 1.69. The molecule has 1 fully saturated rings. The second-order valence-corrected chi connectivity index (χ2v) is 7.05. The molecule has 0 N–H and O–H groups in total. The molecule has 0 saturated carbocycles. The van der Waals surface area contributed by atoms with Crippen molar-refractivity contribution in [1.82, 2.24) is 4.90 Å². The minimum absolute atomic E-state index is 0.0735. The zero-order valence-electron chi connectivity index (χ0n) is 16.4. The number of carbonyl (C=O) groups excluding carboxylic acids is 1. The first-order chi connectivity index (χ1) is 14.1. The van der Waals surface area contributed by atoms with E-state index in [1.165, 1.54) is 30.9 Å². The van der Waals surface area contributed by atoms with E-state index in [0.29, 0.717) is 24.6 Å². The van der Waals surface area contributed by atoms with Crippen molar-refractivity contribution in [2.24, 2.45) is 5.92 Å². The molecule has 2 aromatic rings. The Kier molecular flexibility index (Phi) is 7.22. The SMILES string of the molecule is COc1cccc(/C=C/C(=O)N2CCC(Cc3ccccc3)CC2)c1OC(F)F. The molecule has 1 aliphatic heterocycles. The number of halogens is 2. The number of hydrogen-bond donors (Lipinski definition) is 0. The summed E-state index contributed by atoms with van der Waals surface area (Å²) >= 11 is 0. The fraction of sp³-hybridized carbons (Fsp3) is 0.348. The molecule has 1 amide bonds. The fourth-order valence-corrected chi connectivity index (χ4v) is 3.61. The lowest BCUT2D eigenvalue weighted by molar-refractivity contribution is -0.127. The Labute approximate surface area is 169 Å². The van der Waals surface area contributed by atoms with Crippen LogP contribution in [0.4, 0.5) is 8.78 Å². The Bertz CT molecular complexity index is 831. The van der Waals surface area contributed by atoms with Crippen molar-refractivity contribution >= 4 is 12.0 Å². The number of para-hydroxylation sites is 1. The zero-order valence-corrected chi connectivity index (χ0v) is 16.4. The van der Waals surface area contributed by atoms with Gasteiger partial charge in [0.05, 0.1) is 7.11 Å². The predicted octanol–water partition coefficient (Wildman–Crippen LogP) is 4.79. The van der Waals surface area contributed by atoms with Crippen molar-refractivity contribution < 1.29 is 23.0 Å². The van der Waals surface area contributed by atoms with Crippen LogP contribution < -0.4 is 9.47 Å². The second-order valence-electron chi connectivity index (χ2n) is 7.05. The summed E-state index contributed by atoms with van der Waals surface area (Å²) in [6.07, 6.45) is 5.83. The Hall–Kier alpha value is -2.89. The molecular weight excluding hydrogens is 376 g/mol. The summed E-state index contributed by atoms with van der Waals surface area (Å²) in [5.74, 6) is 0.557. The predicted molar refractivity (Wildman–Crippen MR) is 108 cm³/mol. The van der Waals surface area contributed by atoms with Crippen LogP contribution in [0.25, 0.3) is 6.08 Å². The van der Waals surface area contributed by atoms with E-state index in [2.05, 4.69) is 16.9 Å². The van der Waals surface area contributed by atoms with Gasteiger partial charge in [-0.05, 0) is 42.9 Å². The summed E-state index contributed by atoms with van der Waals surface area (Å²) in [6.45, 7) is -1.59. The maximum atomic E-state index is 12.7. The van der Waals surface area contributed by atoms with Crippen molar-refractivity contribution in [2.75, 3.05) is 20.2 Å². The Morgan fingerprint density at radius 3 is 2.52 bits per heavy atom. The van der Waals surface area contributed by atoms with Gasteiger partial charge in [-0.1, -0.05) is 42.5 Å². The number of hydrogen-bond acceptors (Lipinski definition) is 3. The standard InChI is InChI=1S/C23H25F2NO3/c1-28-20-9-5-8-19(22(20)29-23(24)25)10-11-21(27)26-14-12-18(13-15-26)16-17-6-3-2-4-7-17/h2-11,18,23H,12-16H2,1H3/b11-10+. The van der Waals surface area contributed by atoms with E-state index in [4.69, 9.17) is 4.74 Å². The van der Waals surface area contributed by atoms with Crippen LogP contribution in [-0.4, -0.2) is 37.6 Å². The lowest BCUT2D eigenvalue weighted by Gasteiger charge is -2.31. The topological polar surface area (TPSA) is 38.8 Å². The van der Waals surface area contributed by atoms with E-state index < -0.39 is 6.61 Å². The molecule has 2 aromatic carbocycles. The third kappa shape index (κ3) is 5.79. The third-order valence-corrected chi connectivity index (χ3v) is 5.14. The molecule has 1 heterocycles. The molecule has 3 rings (SSSR count). The summed E-state index contributed by atoms with van der Waals surface area (Å²) < 4.78 is 35.1. The van der Waals surface area contributed by atoms with E-state index >= 15 is 0 Å². The number of alkyl halides is 2. The highest BCUT2D eigenvalue weighted by atomic mass is 19.3. The van der Waals surface area contributed by atoms with Crippen molar-refractivity contribution in [2.45, 2.75) is 25.9 Å². The van der Waals surface area contributed by atoms with Crippen LogP contribution in [-0.2, 0) is 11.2 Å². The first kappa shape index (κ1) is 20.8. The zero-order chi connectivity index (χ0) is 20.6. The van der Waals surface area contributed by atoms with Crippen LogP contribution in [0, 0.1) is 5.92 Å². The highest BCUT2D eigenvalue weighted by Crippen LogP contribution is 2.33. The minimum Gasteiger partial charge on any atom is -0.493 e. The van der Waals surface area contributed by atoms with Crippen LogP contribution >= 0.6 is 0 Å². The maximum absolute atomic E-state index is 12.7. The summed E-state index contributed by atoms with van der Waals surface area (Å²) in [6, 6.07) is 15.2. The smallest absolute Gasteiger partial charge is 0.387 e. The van der Waals surface area contributed by atoms with Crippen LogP contribution in [0.1, 0.15) is 24.0 Å². The molecule has 1 saturated heterocycles. The normalized spacial score (nSPS) is 15.1. The Morgan fingerprint density at radius 1 is 1.14 bits per heavy atom. The third-order valence-electron chi connectivity index (χ3n) is 5.14. The number of piperidine rings is 1. The average molecular weight is 401 g/mol. The van der Waals surface area contributed by atoms with E-state index in [1.807, 2.05) is 18.2 Å². The van der Waals surface area contributed by atoms with Gasteiger partial charge in [0.25, 0.3) is 0 Å². The quantitative estimate of drug-likeness (QED) is 0.626. The van der Waals surface area contributed by atoms with Crippen molar-refractivity contribution in [3.05, 3.63) is 65.7 Å². The molecule has 0 unspecified atom stereocenters. The van der Waals surface area contributed by atoms with Gasteiger partial charge in [0.2, 0.25) is 5.91 Å². The van der Waals surface area contributed by atoms with Gasteiger partial charge < -0.3 is 14.4 Å². The molecule has 0 aromatic heterocycles. The lowest BCUT2D eigenvalue weighted by atomic mass is 9.90. The van der Waals surface area contributed by atoms with Gasteiger partial charge in [0, 0.05) is 24.7 Å². The maximum Gasteiger partial charge on any atom is 0.387 e. The number of amides is 1. The first-order valence-corrected chi connectivity index (χ1v) is 9.69. The monoisotopic (exact) mass is 401 g/mol. The molecule has 6 heteroatoms. The van der Waals surface area contributed by atoms with Gasteiger partial charge in [-0.2, -0.15) is 8.78 Å². The highest BCUT2D eigenvalue weighted by Gasteiger charge is 2.22. The number of rotatable bonds is 7. The van der Waals surface area contributed by atoms with Crippen LogP contribution in [0.5, 0.6) is 11.5 Å².